The molecule has 0 aliphatic carbocycles. The van der Waals surface area contributed by atoms with Crippen molar-refractivity contribution < 1.29 is 23.7 Å². The molecular formula is C23H22O6. The Morgan fingerprint density at radius 2 is 1.79 bits per heavy atom. The molecule has 6 heteroatoms. The maximum absolute atomic E-state index is 13.5. The monoisotopic (exact) mass is 394 g/mol. The first-order valence-corrected chi connectivity index (χ1v) is 9.19. The molecule has 4 rings (SSSR count). The fourth-order valence-corrected chi connectivity index (χ4v) is 3.64. The summed E-state index contributed by atoms with van der Waals surface area (Å²) in [5.74, 6) is 1.50. The van der Waals surface area contributed by atoms with Crippen molar-refractivity contribution in [1.82, 2.24) is 0 Å². The van der Waals surface area contributed by atoms with Crippen molar-refractivity contribution in [3.05, 3.63) is 51.9 Å². The molecule has 0 atom stereocenters. The van der Waals surface area contributed by atoms with Gasteiger partial charge in [0.2, 0.25) is 5.43 Å². The highest BCUT2D eigenvalue weighted by Crippen LogP contribution is 2.42. The van der Waals surface area contributed by atoms with E-state index in [4.69, 9.17) is 18.6 Å². The quantitative estimate of drug-likeness (QED) is 0.695. The van der Waals surface area contributed by atoms with Gasteiger partial charge in [0.1, 0.15) is 45.8 Å². The first-order valence-electron chi connectivity index (χ1n) is 9.19. The van der Waals surface area contributed by atoms with Crippen LogP contribution in [0.1, 0.15) is 25.0 Å². The van der Waals surface area contributed by atoms with Gasteiger partial charge in [0.15, 0.2) is 0 Å². The highest BCUT2D eigenvalue weighted by Gasteiger charge is 2.27. The van der Waals surface area contributed by atoms with E-state index in [9.17, 15) is 9.90 Å². The average molecular weight is 394 g/mol. The minimum Gasteiger partial charge on any atom is -0.508 e. The number of phenols is 1. The number of hydrogen-bond donors (Lipinski definition) is 1. The van der Waals surface area contributed by atoms with Gasteiger partial charge in [-0.1, -0.05) is 0 Å². The lowest BCUT2D eigenvalue weighted by Crippen LogP contribution is -2.27. The van der Waals surface area contributed by atoms with Gasteiger partial charge in [0.25, 0.3) is 0 Å². The van der Waals surface area contributed by atoms with E-state index in [1.807, 2.05) is 26.0 Å². The molecule has 0 spiro atoms. The minimum absolute atomic E-state index is 0.0901. The van der Waals surface area contributed by atoms with Crippen molar-refractivity contribution in [2.75, 3.05) is 14.2 Å². The van der Waals surface area contributed by atoms with Crippen LogP contribution in [-0.2, 0) is 0 Å². The molecule has 3 aromatic rings. The number of benzene rings is 2. The third kappa shape index (κ3) is 2.92. The second-order valence-electron chi connectivity index (χ2n) is 7.50. The predicted octanol–water partition coefficient (Wildman–Crippen LogP) is 4.68. The molecule has 0 saturated carbocycles. The fourth-order valence-electron chi connectivity index (χ4n) is 3.64. The summed E-state index contributed by atoms with van der Waals surface area (Å²) in [6.45, 7) is 5.62. The van der Waals surface area contributed by atoms with Gasteiger partial charge in [-0.2, -0.15) is 0 Å². The van der Waals surface area contributed by atoms with Crippen LogP contribution < -0.4 is 19.6 Å². The van der Waals surface area contributed by atoms with E-state index in [1.165, 1.54) is 26.5 Å². The summed E-state index contributed by atoms with van der Waals surface area (Å²) in [7, 11) is 3.01. The number of ether oxygens (including phenoxy) is 3. The number of phenolic OH excluding ortho intramolecular Hbond substituents is 1. The van der Waals surface area contributed by atoms with Crippen molar-refractivity contribution in [3.8, 4) is 34.1 Å². The van der Waals surface area contributed by atoms with Crippen LogP contribution in [0.5, 0.6) is 23.0 Å². The Balaban J connectivity index is 2.04. The van der Waals surface area contributed by atoms with E-state index in [-0.39, 0.29) is 11.2 Å². The first-order chi connectivity index (χ1) is 13.8. The molecule has 1 N–H and O–H groups in total. The summed E-state index contributed by atoms with van der Waals surface area (Å²) in [5.41, 5.74) is 1.73. The van der Waals surface area contributed by atoms with Gasteiger partial charge in [-0.15, -0.1) is 0 Å². The molecular weight excluding hydrogens is 372 g/mol. The zero-order chi connectivity index (χ0) is 20.9. The molecule has 29 heavy (non-hydrogen) atoms. The Hall–Kier alpha value is -3.41. The fraction of sp³-hybridized carbons (Fsp3) is 0.261. The standard InChI is InChI=1S/C23H22O6/c1-12-16(24)7-6-13(21(12)26-4)15-11-28-18-10-17-14(8-9-23(2,3)29-17)22(27-5)19(18)20(15)25/h6-11,24H,1-5H3. The summed E-state index contributed by atoms with van der Waals surface area (Å²) in [6.07, 6.45) is 5.21. The molecule has 0 fully saturated rings. The van der Waals surface area contributed by atoms with Crippen LogP contribution in [0.4, 0.5) is 0 Å². The van der Waals surface area contributed by atoms with Crippen molar-refractivity contribution >= 4 is 17.0 Å². The lowest BCUT2D eigenvalue weighted by molar-refractivity contribution is 0.158. The Labute approximate surface area is 167 Å². The highest BCUT2D eigenvalue weighted by molar-refractivity contribution is 5.94. The minimum atomic E-state index is -0.469. The zero-order valence-corrected chi connectivity index (χ0v) is 17.0. The van der Waals surface area contributed by atoms with Gasteiger partial charge in [-0.05, 0) is 45.1 Å². The number of methoxy groups -OCH3 is 2. The van der Waals surface area contributed by atoms with Crippen molar-refractivity contribution in [1.29, 1.82) is 0 Å². The highest BCUT2D eigenvalue weighted by atomic mass is 16.5. The summed E-state index contributed by atoms with van der Waals surface area (Å²) in [5, 5.41) is 10.3. The largest absolute Gasteiger partial charge is 0.508 e. The smallest absolute Gasteiger partial charge is 0.204 e. The Kier molecular flexibility index (Phi) is 4.30. The van der Waals surface area contributed by atoms with Crippen LogP contribution in [-0.4, -0.2) is 24.9 Å². The molecule has 150 valence electrons. The third-order valence-corrected chi connectivity index (χ3v) is 5.12. The molecule has 0 bridgehead atoms. The van der Waals surface area contributed by atoms with Crippen LogP contribution in [0.3, 0.4) is 0 Å². The van der Waals surface area contributed by atoms with Crippen LogP contribution >= 0.6 is 0 Å². The van der Waals surface area contributed by atoms with Gasteiger partial charge in [-0.3, -0.25) is 4.79 Å². The molecule has 6 nitrogen and oxygen atoms in total. The van der Waals surface area contributed by atoms with Gasteiger partial charge < -0.3 is 23.7 Å². The normalized spacial score (nSPS) is 14.4. The van der Waals surface area contributed by atoms with E-state index < -0.39 is 5.60 Å². The second kappa shape index (κ2) is 6.58. The van der Waals surface area contributed by atoms with Gasteiger partial charge in [0, 0.05) is 17.2 Å². The molecule has 1 aromatic heterocycles. The molecule has 2 aromatic carbocycles. The maximum atomic E-state index is 13.5. The second-order valence-corrected chi connectivity index (χ2v) is 7.50. The number of hydrogen-bond acceptors (Lipinski definition) is 6. The number of aromatic hydroxyl groups is 1. The first kappa shape index (κ1) is 18.9. The van der Waals surface area contributed by atoms with Gasteiger partial charge in [-0.25, -0.2) is 0 Å². The molecule has 0 amide bonds. The van der Waals surface area contributed by atoms with Crippen molar-refractivity contribution in [3.63, 3.8) is 0 Å². The van der Waals surface area contributed by atoms with Crippen LogP contribution in [0, 0.1) is 6.92 Å². The number of fused-ring (bicyclic) bond motifs is 2. The van der Waals surface area contributed by atoms with Gasteiger partial charge in [0.05, 0.1) is 25.3 Å². The van der Waals surface area contributed by atoms with E-state index >= 15 is 0 Å². The van der Waals surface area contributed by atoms with E-state index in [0.717, 1.165) is 0 Å². The maximum Gasteiger partial charge on any atom is 0.204 e. The Bertz CT molecular complexity index is 1220. The molecule has 0 unspecified atom stereocenters. The SMILES string of the molecule is COc1c(-c2coc3cc4c(c(OC)c3c2=O)C=CC(C)(C)O4)ccc(O)c1C. The summed E-state index contributed by atoms with van der Waals surface area (Å²) >= 11 is 0. The summed E-state index contributed by atoms with van der Waals surface area (Å²) < 4.78 is 22.9. The molecule has 2 heterocycles. The lowest BCUT2D eigenvalue weighted by atomic mass is 9.97. The average Bonchev–Trinajstić information content (AvgIpc) is 2.68. The van der Waals surface area contributed by atoms with Crippen molar-refractivity contribution in [2.45, 2.75) is 26.4 Å². The predicted molar refractivity (Wildman–Crippen MR) is 111 cm³/mol. The topological polar surface area (TPSA) is 78.1 Å². The molecule has 1 aliphatic rings. The van der Waals surface area contributed by atoms with Crippen LogP contribution in [0.15, 0.2) is 39.7 Å². The zero-order valence-electron chi connectivity index (χ0n) is 17.0. The Morgan fingerprint density at radius 3 is 2.48 bits per heavy atom. The number of rotatable bonds is 3. The molecule has 0 radical (unpaired) electrons. The Morgan fingerprint density at radius 1 is 1.07 bits per heavy atom. The summed E-state index contributed by atoms with van der Waals surface area (Å²) in [6, 6.07) is 4.87. The van der Waals surface area contributed by atoms with E-state index in [2.05, 4.69) is 0 Å². The molecule has 0 saturated heterocycles. The lowest BCUT2D eigenvalue weighted by Gasteiger charge is -2.28. The van der Waals surface area contributed by atoms with Crippen LogP contribution in [0.2, 0.25) is 0 Å². The molecule has 1 aliphatic heterocycles. The van der Waals surface area contributed by atoms with Gasteiger partial charge >= 0.3 is 0 Å². The van der Waals surface area contributed by atoms with E-state index in [0.29, 0.717) is 50.5 Å². The van der Waals surface area contributed by atoms with Crippen molar-refractivity contribution in [2.24, 2.45) is 0 Å². The third-order valence-electron chi connectivity index (χ3n) is 5.12. The summed E-state index contributed by atoms with van der Waals surface area (Å²) in [4.78, 5) is 13.5. The van der Waals surface area contributed by atoms with Crippen LogP contribution in [0.25, 0.3) is 28.2 Å². The van der Waals surface area contributed by atoms with E-state index in [1.54, 1.807) is 19.1 Å².